The van der Waals surface area contributed by atoms with Gasteiger partial charge in [-0.05, 0) is 73.7 Å². The number of sulfonamides is 1. The summed E-state index contributed by atoms with van der Waals surface area (Å²) in [5.41, 5.74) is 2.89. The number of carbonyl (C=O) groups excluding carboxylic acids is 1. The van der Waals surface area contributed by atoms with E-state index in [1.807, 2.05) is 50.4 Å². The largest absolute Gasteiger partial charge is 0.334 e. The minimum absolute atomic E-state index is 0.0585. The summed E-state index contributed by atoms with van der Waals surface area (Å²) in [6.07, 6.45) is 0. The molecule has 7 heteroatoms. The smallest absolute Gasteiger partial charge is 0.261 e. The number of nitrogens with zero attached hydrogens (tertiary/aromatic N) is 1. The minimum atomic E-state index is -3.74. The summed E-state index contributed by atoms with van der Waals surface area (Å²) >= 11 is 1.60. The van der Waals surface area contributed by atoms with Crippen molar-refractivity contribution in [1.29, 1.82) is 0 Å². The second kappa shape index (κ2) is 8.39. The van der Waals surface area contributed by atoms with Gasteiger partial charge in [0.15, 0.2) is 0 Å². The number of anilines is 1. The van der Waals surface area contributed by atoms with Gasteiger partial charge in [0.05, 0.1) is 16.6 Å². The lowest BCUT2D eigenvalue weighted by Gasteiger charge is -2.24. The van der Waals surface area contributed by atoms with Crippen LogP contribution in [-0.4, -0.2) is 26.3 Å². The number of rotatable bonds is 6. The zero-order valence-electron chi connectivity index (χ0n) is 16.8. The highest BCUT2D eigenvalue weighted by Crippen LogP contribution is 2.26. The van der Waals surface area contributed by atoms with E-state index in [1.165, 1.54) is 12.1 Å². The van der Waals surface area contributed by atoms with Crippen molar-refractivity contribution in [2.45, 2.75) is 31.7 Å². The van der Waals surface area contributed by atoms with Gasteiger partial charge in [0.25, 0.3) is 15.9 Å². The van der Waals surface area contributed by atoms with E-state index in [9.17, 15) is 13.2 Å². The fraction of sp³-hybridized carbons (Fsp3) is 0.227. The molecule has 1 unspecified atom stereocenters. The Labute approximate surface area is 176 Å². The Morgan fingerprint density at radius 1 is 1.03 bits per heavy atom. The molecule has 0 radical (unpaired) electrons. The fourth-order valence-corrected chi connectivity index (χ4v) is 4.89. The molecule has 0 bridgehead atoms. The van der Waals surface area contributed by atoms with E-state index in [4.69, 9.17) is 0 Å². The minimum Gasteiger partial charge on any atom is -0.334 e. The van der Waals surface area contributed by atoms with Crippen LogP contribution in [-0.2, 0) is 10.0 Å². The molecule has 0 saturated heterocycles. The summed E-state index contributed by atoms with van der Waals surface area (Å²) in [6.45, 7) is 5.78. The van der Waals surface area contributed by atoms with E-state index in [2.05, 4.69) is 4.72 Å². The van der Waals surface area contributed by atoms with Gasteiger partial charge >= 0.3 is 0 Å². The molecule has 2 aromatic carbocycles. The molecule has 3 aromatic rings. The van der Waals surface area contributed by atoms with Crippen molar-refractivity contribution in [2.24, 2.45) is 0 Å². The first-order valence-electron chi connectivity index (χ1n) is 9.20. The van der Waals surface area contributed by atoms with Gasteiger partial charge in [-0.3, -0.25) is 9.52 Å². The molecule has 29 heavy (non-hydrogen) atoms. The number of hydrogen-bond acceptors (Lipinski definition) is 4. The predicted molar refractivity (Wildman–Crippen MR) is 118 cm³/mol. The van der Waals surface area contributed by atoms with Crippen LogP contribution in [0.1, 0.15) is 39.3 Å². The van der Waals surface area contributed by atoms with Crippen LogP contribution in [0.3, 0.4) is 0 Å². The van der Waals surface area contributed by atoms with Gasteiger partial charge in [-0.1, -0.05) is 18.2 Å². The molecule has 1 heterocycles. The third-order valence-corrected chi connectivity index (χ3v) is 7.54. The van der Waals surface area contributed by atoms with Crippen molar-refractivity contribution in [3.63, 3.8) is 0 Å². The van der Waals surface area contributed by atoms with Crippen molar-refractivity contribution in [1.82, 2.24) is 4.90 Å². The SMILES string of the molecule is Cc1cccc(NS(=O)(=O)c2ccc(C(=O)N(C)C(C)c3cccs3)cc2)c1C. The van der Waals surface area contributed by atoms with Crippen molar-refractivity contribution < 1.29 is 13.2 Å². The van der Waals surface area contributed by atoms with Crippen molar-refractivity contribution in [3.8, 4) is 0 Å². The monoisotopic (exact) mass is 428 g/mol. The molecule has 1 atom stereocenters. The summed E-state index contributed by atoms with van der Waals surface area (Å²) in [6, 6.07) is 15.4. The predicted octanol–water partition coefficient (Wildman–Crippen LogP) is 5.00. The van der Waals surface area contributed by atoms with E-state index >= 15 is 0 Å². The fourth-order valence-electron chi connectivity index (χ4n) is 2.94. The van der Waals surface area contributed by atoms with Gasteiger partial charge in [-0.2, -0.15) is 0 Å². The third kappa shape index (κ3) is 4.52. The second-order valence-electron chi connectivity index (χ2n) is 6.98. The van der Waals surface area contributed by atoms with Crippen molar-refractivity contribution in [2.75, 3.05) is 11.8 Å². The third-order valence-electron chi connectivity index (χ3n) is 5.12. The first-order valence-corrected chi connectivity index (χ1v) is 11.6. The molecule has 1 N–H and O–H groups in total. The van der Waals surface area contributed by atoms with Gasteiger partial charge in [-0.15, -0.1) is 11.3 Å². The van der Waals surface area contributed by atoms with Crippen LogP contribution in [0, 0.1) is 13.8 Å². The summed E-state index contributed by atoms with van der Waals surface area (Å²) in [7, 11) is -1.99. The van der Waals surface area contributed by atoms with Gasteiger partial charge in [0.1, 0.15) is 0 Å². The van der Waals surface area contributed by atoms with Gasteiger partial charge in [0.2, 0.25) is 0 Å². The number of amides is 1. The Bertz CT molecular complexity index is 1110. The first-order chi connectivity index (χ1) is 13.7. The number of hydrogen-bond donors (Lipinski definition) is 1. The van der Waals surface area contributed by atoms with E-state index in [1.54, 1.807) is 41.5 Å². The lowest BCUT2D eigenvalue weighted by atomic mass is 10.1. The lowest BCUT2D eigenvalue weighted by Crippen LogP contribution is -2.29. The second-order valence-corrected chi connectivity index (χ2v) is 9.65. The van der Waals surface area contributed by atoms with Crippen LogP contribution in [0.5, 0.6) is 0 Å². The molecule has 0 fully saturated rings. The maximum atomic E-state index is 12.8. The Morgan fingerprint density at radius 3 is 2.34 bits per heavy atom. The van der Waals surface area contributed by atoms with Crippen LogP contribution in [0.4, 0.5) is 5.69 Å². The summed E-state index contributed by atoms with van der Waals surface area (Å²) in [4.78, 5) is 15.6. The Kier molecular flexibility index (Phi) is 6.10. The molecular weight excluding hydrogens is 404 g/mol. The highest BCUT2D eigenvalue weighted by molar-refractivity contribution is 7.92. The van der Waals surface area contributed by atoms with Gasteiger partial charge in [-0.25, -0.2) is 8.42 Å². The van der Waals surface area contributed by atoms with Crippen LogP contribution in [0.2, 0.25) is 0 Å². The van der Waals surface area contributed by atoms with Crippen LogP contribution in [0.25, 0.3) is 0 Å². The maximum Gasteiger partial charge on any atom is 0.261 e. The Hall–Kier alpha value is -2.64. The van der Waals surface area contributed by atoms with Crippen molar-refractivity contribution >= 4 is 33.0 Å². The molecular formula is C22H24N2O3S2. The number of carbonyl (C=O) groups is 1. The summed E-state index contributed by atoms with van der Waals surface area (Å²) in [5, 5.41) is 1.98. The molecule has 152 valence electrons. The maximum absolute atomic E-state index is 12.8. The van der Waals surface area contributed by atoms with E-state index < -0.39 is 10.0 Å². The molecule has 0 aliphatic rings. The molecule has 0 aliphatic carbocycles. The van der Waals surface area contributed by atoms with Crippen LogP contribution >= 0.6 is 11.3 Å². The van der Waals surface area contributed by atoms with Crippen molar-refractivity contribution in [3.05, 3.63) is 81.5 Å². The topological polar surface area (TPSA) is 66.5 Å². The lowest BCUT2D eigenvalue weighted by molar-refractivity contribution is 0.0745. The quantitative estimate of drug-likeness (QED) is 0.601. The summed E-state index contributed by atoms with van der Waals surface area (Å²) < 4.78 is 28.1. The molecule has 1 aromatic heterocycles. The highest BCUT2D eigenvalue weighted by Gasteiger charge is 2.21. The standard InChI is InChI=1S/C22H24N2O3S2/c1-15-7-5-8-20(16(15)2)23-29(26,27)19-12-10-18(11-13-19)22(25)24(4)17(3)21-9-6-14-28-21/h5-14,17,23H,1-4H3. The zero-order valence-corrected chi connectivity index (χ0v) is 18.5. The van der Waals surface area contributed by atoms with Crippen LogP contribution in [0.15, 0.2) is 64.9 Å². The van der Waals surface area contributed by atoms with E-state index in [0.717, 1.165) is 16.0 Å². The number of thiophene rings is 1. The van der Waals surface area contributed by atoms with Crippen LogP contribution < -0.4 is 4.72 Å². The van der Waals surface area contributed by atoms with Gasteiger partial charge in [0, 0.05) is 17.5 Å². The number of aryl methyl sites for hydroxylation is 1. The van der Waals surface area contributed by atoms with Gasteiger partial charge < -0.3 is 4.90 Å². The zero-order chi connectivity index (χ0) is 21.2. The molecule has 0 saturated carbocycles. The first kappa shape index (κ1) is 21.1. The number of nitrogens with one attached hydrogen (secondary N) is 1. The molecule has 3 rings (SSSR count). The number of benzene rings is 2. The Morgan fingerprint density at radius 2 is 1.72 bits per heavy atom. The molecule has 1 amide bonds. The average Bonchev–Trinajstić information content (AvgIpc) is 3.24. The normalized spacial score (nSPS) is 12.4. The summed E-state index contributed by atoms with van der Waals surface area (Å²) in [5.74, 6) is -0.155. The highest BCUT2D eigenvalue weighted by atomic mass is 32.2. The van der Waals surface area contributed by atoms with E-state index in [-0.39, 0.29) is 16.8 Å². The molecule has 0 aliphatic heterocycles. The average molecular weight is 429 g/mol. The molecule has 5 nitrogen and oxygen atoms in total. The Balaban J connectivity index is 1.78. The molecule has 0 spiro atoms. The van der Waals surface area contributed by atoms with E-state index in [0.29, 0.717) is 11.3 Å².